The number of amides is 1. The van der Waals surface area contributed by atoms with Crippen LogP contribution in [-0.4, -0.2) is 14.8 Å². The smallest absolute Gasteiger partial charge is 0.270 e. The van der Waals surface area contributed by atoms with Crippen LogP contribution in [0.3, 0.4) is 0 Å². The second kappa shape index (κ2) is 6.85. The van der Waals surface area contributed by atoms with Gasteiger partial charge in [0.2, 0.25) is 0 Å². The molecular weight excluding hydrogens is 452 g/mol. The zero-order chi connectivity index (χ0) is 18.4. The molecule has 1 aromatic heterocycles. The van der Waals surface area contributed by atoms with E-state index in [4.69, 9.17) is 23.8 Å². The fourth-order valence-electron chi connectivity index (χ4n) is 2.94. The van der Waals surface area contributed by atoms with Crippen LogP contribution in [0.4, 0.5) is 5.69 Å². The molecular formula is C19H12BrClN2OS2. The van der Waals surface area contributed by atoms with Crippen LogP contribution in [0.25, 0.3) is 17.0 Å². The summed E-state index contributed by atoms with van der Waals surface area (Å²) in [7, 11) is 1.99. The summed E-state index contributed by atoms with van der Waals surface area (Å²) < 4.78 is 3.33. The molecule has 4 rings (SSSR count). The number of thiocarbonyl (C=S) groups is 1. The van der Waals surface area contributed by atoms with Gasteiger partial charge in [-0.25, -0.2) is 0 Å². The Morgan fingerprint density at radius 2 is 2.00 bits per heavy atom. The summed E-state index contributed by atoms with van der Waals surface area (Å²) in [4.78, 5) is 15.1. The van der Waals surface area contributed by atoms with Gasteiger partial charge >= 0.3 is 0 Å². The Bertz CT molecular complexity index is 1110. The third-order valence-corrected chi connectivity index (χ3v) is 6.70. The van der Waals surface area contributed by atoms with Crippen molar-refractivity contribution in [2.45, 2.75) is 0 Å². The van der Waals surface area contributed by atoms with Gasteiger partial charge in [-0.2, -0.15) is 0 Å². The van der Waals surface area contributed by atoms with Crippen LogP contribution >= 0.6 is 51.5 Å². The van der Waals surface area contributed by atoms with E-state index in [2.05, 4.69) is 32.6 Å². The lowest BCUT2D eigenvalue weighted by Crippen LogP contribution is -2.27. The number of aryl methyl sites for hydroxylation is 1. The first-order chi connectivity index (χ1) is 12.5. The molecule has 1 aliphatic rings. The Kier molecular flexibility index (Phi) is 4.69. The minimum absolute atomic E-state index is 0.133. The molecule has 1 amide bonds. The molecule has 2 heterocycles. The van der Waals surface area contributed by atoms with Crippen molar-refractivity contribution in [1.82, 2.24) is 4.57 Å². The molecule has 0 N–H and O–H groups in total. The highest BCUT2D eigenvalue weighted by Gasteiger charge is 2.33. The van der Waals surface area contributed by atoms with E-state index in [-0.39, 0.29) is 5.91 Å². The second-order valence-electron chi connectivity index (χ2n) is 5.83. The molecule has 0 radical (unpaired) electrons. The number of halogens is 2. The Morgan fingerprint density at radius 1 is 1.23 bits per heavy atom. The SMILES string of the molecule is Cn1cc(/C=C2/SC(=S)N(c3ccc(Br)c(Cl)c3)C2=O)c2ccccc21. The van der Waals surface area contributed by atoms with Crippen molar-refractivity contribution in [3.05, 3.63) is 68.6 Å². The van der Waals surface area contributed by atoms with Gasteiger partial charge in [0.15, 0.2) is 4.32 Å². The molecule has 26 heavy (non-hydrogen) atoms. The first-order valence-electron chi connectivity index (χ1n) is 7.73. The van der Waals surface area contributed by atoms with Gasteiger partial charge in [0.05, 0.1) is 15.6 Å². The van der Waals surface area contributed by atoms with Gasteiger partial charge in [-0.1, -0.05) is 53.8 Å². The molecule has 1 aliphatic heterocycles. The third-order valence-electron chi connectivity index (χ3n) is 4.17. The van der Waals surface area contributed by atoms with Crippen molar-refractivity contribution >= 4 is 84.4 Å². The number of benzene rings is 2. The van der Waals surface area contributed by atoms with E-state index in [0.29, 0.717) is 19.9 Å². The molecule has 7 heteroatoms. The molecule has 130 valence electrons. The molecule has 0 aliphatic carbocycles. The summed E-state index contributed by atoms with van der Waals surface area (Å²) in [5.41, 5.74) is 2.79. The van der Waals surface area contributed by atoms with E-state index < -0.39 is 0 Å². The van der Waals surface area contributed by atoms with Crippen molar-refractivity contribution in [1.29, 1.82) is 0 Å². The lowest BCUT2D eigenvalue weighted by molar-refractivity contribution is -0.113. The Hall–Kier alpha value is -1.60. The fraction of sp³-hybridized carbons (Fsp3) is 0.0526. The highest BCUT2D eigenvalue weighted by atomic mass is 79.9. The topological polar surface area (TPSA) is 25.2 Å². The fourth-order valence-corrected chi connectivity index (χ4v) is 4.66. The quantitative estimate of drug-likeness (QED) is 0.344. The van der Waals surface area contributed by atoms with Gasteiger partial charge in [-0.3, -0.25) is 9.69 Å². The number of hydrogen-bond acceptors (Lipinski definition) is 3. The van der Waals surface area contributed by atoms with Gasteiger partial charge in [0.25, 0.3) is 5.91 Å². The van der Waals surface area contributed by atoms with E-state index >= 15 is 0 Å². The van der Waals surface area contributed by atoms with Crippen LogP contribution in [0, 0.1) is 0 Å². The number of para-hydroxylation sites is 1. The number of carbonyl (C=O) groups excluding carboxylic acids is 1. The largest absolute Gasteiger partial charge is 0.350 e. The van der Waals surface area contributed by atoms with Gasteiger partial charge in [-0.05, 0) is 46.3 Å². The monoisotopic (exact) mass is 462 g/mol. The van der Waals surface area contributed by atoms with E-state index in [1.54, 1.807) is 6.07 Å². The summed E-state index contributed by atoms with van der Waals surface area (Å²) in [6, 6.07) is 13.5. The zero-order valence-electron chi connectivity index (χ0n) is 13.6. The predicted octanol–water partition coefficient (Wildman–Crippen LogP) is 6.00. The van der Waals surface area contributed by atoms with E-state index in [1.807, 2.05) is 43.6 Å². The van der Waals surface area contributed by atoms with Crippen LogP contribution in [0.2, 0.25) is 5.02 Å². The Morgan fingerprint density at radius 3 is 2.77 bits per heavy atom. The standard InChI is InChI=1S/C19H12BrClN2OS2/c1-22-10-11(13-4-2-3-5-16(13)22)8-17-18(24)23(19(25)26-17)12-6-7-14(20)15(21)9-12/h2-10H,1H3/b17-8+. The van der Waals surface area contributed by atoms with Gasteiger partial charge in [0, 0.05) is 34.2 Å². The summed E-state index contributed by atoms with van der Waals surface area (Å²) in [5, 5.41) is 1.64. The average molecular weight is 464 g/mol. The Labute approximate surface area is 173 Å². The summed E-state index contributed by atoms with van der Waals surface area (Å²) in [6.45, 7) is 0. The molecule has 1 saturated heterocycles. The number of nitrogens with zero attached hydrogens (tertiary/aromatic N) is 2. The number of fused-ring (bicyclic) bond motifs is 1. The molecule has 0 unspecified atom stereocenters. The second-order valence-corrected chi connectivity index (χ2v) is 8.77. The number of aromatic nitrogens is 1. The van der Waals surface area contributed by atoms with Gasteiger partial charge in [-0.15, -0.1) is 0 Å². The first kappa shape index (κ1) is 17.8. The summed E-state index contributed by atoms with van der Waals surface area (Å²) in [6.07, 6.45) is 3.93. The van der Waals surface area contributed by atoms with E-state index in [0.717, 1.165) is 20.9 Å². The maximum atomic E-state index is 12.9. The predicted molar refractivity (Wildman–Crippen MR) is 118 cm³/mol. The number of rotatable bonds is 2. The number of carbonyl (C=O) groups is 1. The van der Waals surface area contributed by atoms with Crippen molar-refractivity contribution in [2.24, 2.45) is 7.05 Å². The maximum absolute atomic E-state index is 12.9. The summed E-state index contributed by atoms with van der Waals surface area (Å²) >= 11 is 16.3. The molecule has 3 aromatic rings. The van der Waals surface area contributed by atoms with Crippen molar-refractivity contribution in [2.75, 3.05) is 4.90 Å². The van der Waals surface area contributed by atoms with Gasteiger partial charge < -0.3 is 4.57 Å². The van der Waals surface area contributed by atoms with Crippen molar-refractivity contribution < 1.29 is 4.79 Å². The van der Waals surface area contributed by atoms with Gasteiger partial charge in [0.1, 0.15) is 0 Å². The summed E-state index contributed by atoms with van der Waals surface area (Å²) in [5.74, 6) is -0.133. The molecule has 0 saturated carbocycles. The minimum Gasteiger partial charge on any atom is -0.350 e. The molecule has 3 nitrogen and oxygen atoms in total. The van der Waals surface area contributed by atoms with Crippen LogP contribution in [-0.2, 0) is 11.8 Å². The lowest BCUT2D eigenvalue weighted by atomic mass is 10.1. The maximum Gasteiger partial charge on any atom is 0.270 e. The highest BCUT2D eigenvalue weighted by molar-refractivity contribution is 9.10. The van der Waals surface area contributed by atoms with Crippen LogP contribution in [0.5, 0.6) is 0 Å². The lowest BCUT2D eigenvalue weighted by Gasteiger charge is -2.15. The molecule has 0 spiro atoms. The average Bonchev–Trinajstić information content (AvgIpc) is 3.08. The molecule has 2 aromatic carbocycles. The number of anilines is 1. The zero-order valence-corrected chi connectivity index (χ0v) is 17.5. The minimum atomic E-state index is -0.133. The third kappa shape index (κ3) is 3.01. The number of thioether (sulfide) groups is 1. The van der Waals surface area contributed by atoms with Crippen molar-refractivity contribution in [3.8, 4) is 0 Å². The molecule has 1 fully saturated rings. The van der Waals surface area contributed by atoms with Crippen LogP contribution in [0.15, 0.2) is 58.0 Å². The molecule has 0 atom stereocenters. The first-order valence-corrected chi connectivity index (χ1v) is 10.1. The van der Waals surface area contributed by atoms with Crippen LogP contribution in [0.1, 0.15) is 5.56 Å². The van der Waals surface area contributed by atoms with E-state index in [1.165, 1.54) is 16.7 Å². The normalized spacial score (nSPS) is 16.3. The number of hydrogen-bond donors (Lipinski definition) is 0. The van der Waals surface area contributed by atoms with E-state index in [9.17, 15) is 4.79 Å². The molecule has 0 bridgehead atoms. The Balaban J connectivity index is 1.74. The van der Waals surface area contributed by atoms with Crippen molar-refractivity contribution in [3.63, 3.8) is 0 Å². The van der Waals surface area contributed by atoms with Crippen LogP contribution < -0.4 is 4.90 Å². The highest BCUT2D eigenvalue weighted by Crippen LogP contribution is 2.38.